The highest BCUT2D eigenvalue weighted by molar-refractivity contribution is 6.05. The van der Waals surface area contributed by atoms with Gasteiger partial charge in [-0.3, -0.25) is 24.6 Å². The minimum absolute atomic E-state index is 0.116. The molecule has 1 N–H and O–H groups in total. The van der Waals surface area contributed by atoms with Crippen molar-refractivity contribution in [3.63, 3.8) is 0 Å². The first-order valence-electron chi connectivity index (χ1n) is 12.2. The van der Waals surface area contributed by atoms with Crippen molar-refractivity contribution in [2.24, 2.45) is 0 Å². The molecule has 3 amide bonds. The number of amides is 3. The quantitative estimate of drug-likeness (QED) is 0.672. The van der Waals surface area contributed by atoms with E-state index in [2.05, 4.69) is 41.3 Å². The highest BCUT2D eigenvalue weighted by Crippen LogP contribution is 2.38. The van der Waals surface area contributed by atoms with Gasteiger partial charge in [-0.05, 0) is 82.3 Å². The average Bonchev–Trinajstić information content (AvgIpc) is 3.39. The number of halogens is 1. The molecule has 1 aromatic carbocycles. The monoisotopic (exact) mass is 482 g/mol. The van der Waals surface area contributed by atoms with Crippen molar-refractivity contribution in [2.45, 2.75) is 77.0 Å². The lowest BCUT2D eigenvalue weighted by Crippen LogP contribution is -2.52. The lowest BCUT2D eigenvalue weighted by atomic mass is 9.85. The van der Waals surface area contributed by atoms with Gasteiger partial charge in [0.2, 0.25) is 11.8 Å². The van der Waals surface area contributed by atoms with E-state index in [1.54, 1.807) is 6.07 Å². The molecule has 3 aliphatic heterocycles. The summed E-state index contributed by atoms with van der Waals surface area (Å²) in [5, 5.41) is 10.9. The average molecular weight is 483 g/mol. The Morgan fingerprint density at radius 3 is 2.51 bits per heavy atom. The number of carbonyl (C=O) groups excluding carboxylic acids is 3. The highest BCUT2D eigenvalue weighted by Gasteiger charge is 2.41. The third-order valence-electron chi connectivity index (χ3n) is 7.30. The van der Waals surface area contributed by atoms with Crippen LogP contribution in [-0.4, -0.2) is 61.6 Å². The van der Waals surface area contributed by atoms with Crippen molar-refractivity contribution >= 4 is 17.7 Å². The van der Waals surface area contributed by atoms with Crippen LogP contribution >= 0.6 is 0 Å². The second kappa shape index (κ2) is 8.82. The van der Waals surface area contributed by atoms with E-state index in [0.717, 1.165) is 42.8 Å². The van der Waals surface area contributed by atoms with E-state index >= 15 is 0 Å². The Morgan fingerprint density at radius 1 is 1.11 bits per heavy atom. The lowest BCUT2D eigenvalue weighted by Gasteiger charge is -2.32. The Bertz CT molecular complexity index is 1180. The topological polar surface area (TPSA) is 100 Å². The maximum absolute atomic E-state index is 14.6. The van der Waals surface area contributed by atoms with Crippen molar-refractivity contribution in [3.8, 4) is 0 Å². The van der Waals surface area contributed by atoms with Gasteiger partial charge in [-0.25, -0.2) is 9.07 Å². The second-order valence-corrected chi connectivity index (χ2v) is 10.8. The van der Waals surface area contributed by atoms with Crippen molar-refractivity contribution in [1.29, 1.82) is 0 Å². The summed E-state index contributed by atoms with van der Waals surface area (Å²) in [6.45, 7) is 8.91. The van der Waals surface area contributed by atoms with Gasteiger partial charge in [0.05, 0.1) is 17.4 Å². The number of imide groups is 1. The van der Waals surface area contributed by atoms with Crippen LogP contribution in [0.25, 0.3) is 0 Å². The molecule has 0 aliphatic carbocycles. The Kier molecular flexibility index (Phi) is 5.94. The summed E-state index contributed by atoms with van der Waals surface area (Å²) < 4.78 is 16.5. The molecule has 2 aromatic rings. The predicted octanol–water partition coefficient (Wildman–Crippen LogP) is 2.31. The first kappa shape index (κ1) is 23.6. The fourth-order valence-electron chi connectivity index (χ4n) is 5.35. The van der Waals surface area contributed by atoms with E-state index in [4.69, 9.17) is 0 Å². The number of carbonyl (C=O) groups is 3. The molecule has 0 saturated carbocycles. The zero-order chi connectivity index (χ0) is 24.9. The number of nitrogens with zero attached hydrogens (tertiary/aromatic N) is 5. The predicted molar refractivity (Wildman–Crippen MR) is 125 cm³/mol. The van der Waals surface area contributed by atoms with Crippen molar-refractivity contribution in [3.05, 3.63) is 46.5 Å². The number of hydrogen-bond acceptors (Lipinski definition) is 6. The van der Waals surface area contributed by atoms with Crippen molar-refractivity contribution in [1.82, 2.24) is 30.1 Å². The van der Waals surface area contributed by atoms with Gasteiger partial charge in [0.15, 0.2) is 0 Å². The van der Waals surface area contributed by atoms with E-state index in [0.29, 0.717) is 18.5 Å². The third kappa shape index (κ3) is 4.59. The second-order valence-electron chi connectivity index (χ2n) is 10.8. The fraction of sp³-hybridized carbons (Fsp3) is 0.560. The lowest BCUT2D eigenvalue weighted by molar-refractivity contribution is -0.136. The van der Waals surface area contributed by atoms with Crippen LogP contribution in [0.1, 0.15) is 79.6 Å². The number of hydrogen-bond donors (Lipinski definition) is 1. The van der Waals surface area contributed by atoms with E-state index in [1.807, 2.05) is 10.9 Å². The van der Waals surface area contributed by atoms with E-state index in [9.17, 15) is 18.8 Å². The number of piperidine rings is 2. The molecular weight excluding hydrogens is 451 g/mol. The van der Waals surface area contributed by atoms with Crippen molar-refractivity contribution in [2.75, 3.05) is 13.1 Å². The fourth-order valence-corrected chi connectivity index (χ4v) is 5.35. The molecule has 9 nitrogen and oxygen atoms in total. The SMILES string of the molecule is CC(C)(C)n1cc(CN2CCC(c3cc(F)cc4c3CN(C3CCC(=O)NC3=O)C4=O)CC2)nn1. The van der Waals surface area contributed by atoms with Gasteiger partial charge in [-0.1, -0.05) is 5.21 Å². The summed E-state index contributed by atoms with van der Waals surface area (Å²) >= 11 is 0. The standard InChI is InChI=1S/C25H31FN6O3/c1-25(2,3)32-13-17(28-29-32)12-30-8-6-15(7-9-30)18-10-16(26)11-19-20(18)14-31(24(19)35)21-4-5-22(33)27-23(21)34/h10-11,13,15,21H,4-9,12,14H2,1-3H3,(H,27,33,34). The van der Waals surface area contributed by atoms with Gasteiger partial charge in [0.1, 0.15) is 11.9 Å². The Labute approximate surface area is 203 Å². The molecule has 2 saturated heterocycles. The summed E-state index contributed by atoms with van der Waals surface area (Å²) in [7, 11) is 0. The maximum Gasteiger partial charge on any atom is 0.255 e. The molecular formula is C25H31FN6O3. The van der Waals surface area contributed by atoms with E-state index in [-0.39, 0.29) is 36.2 Å². The summed E-state index contributed by atoms with van der Waals surface area (Å²) in [6.07, 6.45) is 4.16. The first-order valence-corrected chi connectivity index (χ1v) is 12.2. The minimum atomic E-state index is -0.702. The molecule has 35 heavy (non-hydrogen) atoms. The summed E-state index contributed by atoms with van der Waals surface area (Å²) in [5.74, 6) is -1.42. The summed E-state index contributed by atoms with van der Waals surface area (Å²) in [5.41, 5.74) is 2.82. The van der Waals surface area contributed by atoms with Gasteiger partial charge in [-0.15, -0.1) is 5.10 Å². The largest absolute Gasteiger partial charge is 0.322 e. The summed E-state index contributed by atoms with van der Waals surface area (Å²) in [6, 6.07) is 2.13. The molecule has 186 valence electrons. The van der Waals surface area contributed by atoms with Gasteiger partial charge in [0, 0.05) is 25.1 Å². The number of benzene rings is 1. The number of aromatic nitrogens is 3. The molecule has 3 aliphatic rings. The van der Waals surface area contributed by atoms with Crippen LogP contribution in [0.2, 0.25) is 0 Å². The van der Waals surface area contributed by atoms with Crippen LogP contribution in [0.5, 0.6) is 0 Å². The smallest absolute Gasteiger partial charge is 0.255 e. The van der Waals surface area contributed by atoms with Gasteiger partial charge < -0.3 is 4.90 Å². The zero-order valence-electron chi connectivity index (χ0n) is 20.4. The first-order chi connectivity index (χ1) is 16.6. The number of fused-ring (bicyclic) bond motifs is 1. The van der Waals surface area contributed by atoms with Crippen LogP contribution in [0.3, 0.4) is 0 Å². The zero-order valence-corrected chi connectivity index (χ0v) is 20.4. The van der Waals surface area contributed by atoms with Crippen LogP contribution in [-0.2, 0) is 28.2 Å². The number of nitrogens with one attached hydrogen (secondary N) is 1. The molecule has 1 unspecified atom stereocenters. The highest BCUT2D eigenvalue weighted by atomic mass is 19.1. The van der Waals surface area contributed by atoms with Crippen LogP contribution in [0.4, 0.5) is 4.39 Å². The molecule has 1 aromatic heterocycles. The number of rotatable bonds is 4. The van der Waals surface area contributed by atoms with Crippen LogP contribution < -0.4 is 5.32 Å². The molecule has 0 spiro atoms. The molecule has 5 rings (SSSR count). The van der Waals surface area contributed by atoms with Gasteiger partial charge >= 0.3 is 0 Å². The maximum atomic E-state index is 14.6. The molecule has 1 atom stereocenters. The Balaban J connectivity index is 1.28. The van der Waals surface area contributed by atoms with Crippen LogP contribution in [0, 0.1) is 5.82 Å². The van der Waals surface area contributed by atoms with Crippen molar-refractivity contribution < 1.29 is 18.8 Å². The Hall–Kier alpha value is -3.14. The van der Waals surface area contributed by atoms with E-state index in [1.165, 1.54) is 11.0 Å². The van der Waals surface area contributed by atoms with Gasteiger partial charge in [0.25, 0.3) is 5.91 Å². The molecule has 4 heterocycles. The third-order valence-corrected chi connectivity index (χ3v) is 7.30. The minimum Gasteiger partial charge on any atom is -0.322 e. The van der Waals surface area contributed by atoms with Crippen LogP contribution in [0.15, 0.2) is 18.3 Å². The molecule has 0 bridgehead atoms. The number of likely N-dealkylation sites (tertiary alicyclic amines) is 1. The van der Waals surface area contributed by atoms with E-state index < -0.39 is 17.8 Å². The Morgan fingerprint density at radius 2 is 1.86 bits per heavy atom. The normalized spacial score (nSPS) is 22.0. The van der Waals surface area contributed by atoms with Gasteiger partial charge in [-0.2, -0.15) is 0 Å². The molecule has 0 radical (unpaired) electrons. The summed E-state index contributed by atoms with van der Waals surface area (Å²) in [4.78, 5) is 40.8. The molecule has 10 heteroatoms. The molecule has 2 fully saturated rings.